The first kappa shape index (κ1) is 17.4. The molecule has 0 aromatic heterocycles. The van der Waals surface area contributed by atoms with Crippen LogP contribution in [0.5, 0.6) is 0 Å². The van der Waals surface area contributed by atoms with Crippen molar-refractivity contribution in [1.82, 2.24) is 0 Å². The molecule has 25 heavy (non-hydrogen) atoms. The highest BCUT2D eigenvalue weighted by Gasteiger charge is 2.36. The van der Waals surface area contributed by atoms with Crippen molar-refractivity contribution in [1.29, 1.82) is 0 Å². The molecule has 0 bridgehead atoms. The van der Waals surface area contributed by atoms with Crippen LogP contribution in [0.25, 0.3) is 0 Å². The van der Waals surface area contributed by atoms with E-state index in [1.165, 1.54) is 83.5 Å². The maximum absolute atomic E-state index is 2.58. The molecule has 4 rings (SSSR count). The normalized spacial score (nSPS) is 34.8. The molecule has 1 aliphatic carbocycles. The van der Waals surface area contributed by atoms with E-state index in [2.05, 4.69) is 42.2 Å². The first-order valence-electron chi connectivity index (χ1n) is 10.8. The van der Waals surface area contributed by atoms with Crippen LogP contribution in [0.3, 0.4) is 0 Å². The summed E-state index contributed by atoms with van der Waals surface area (Å²) >= 11 is 0. The molecule has 1 saturated carbocycles. The van der Waals surface area contributed by atoms with Crippen molar-refractivity contribution in [3.05, 3.63) is 30.3 Å². The standard InChI is InChI=1S/C22H35N3/c1-19-6-5-9-22(18-19)23-12-10-21(11-13-23)25-16-14-24(15-17-25)20-7-3-2-4-8-20/h2-4,7-8,19,21-22H,5-6,9-18H2,1H3/p+2. The van der Waals surface area contributed by atoms with Gasteiger partial charge < -0.3 is 14.7 Å². The summed E-state index contributed by atoms with van der Waals surface area (Å²) in [4.78, 5) is 6.42. The van der Waals surface area contributed by atoms with Gasteiger partial charge in [0, 0.05) is 24.9 Å². The number of anilines is 1. The van der Waals surface area contributed by atoms with E-state index in [4.69, 9.17) is 0 Å². The van der Waals surface area contributed by atoms with Crippen LogP contribution >= 0.6 is 0 Å². The number of piperidine rings is 1. The van der Waals surface area contributed by atoms with Crippen LogP contribution in [0.15, 0.2) is 30.3 Å². The van der Waals surface area contributed by atoms with Gasteiger partial charge in [-0.2, -0.15) is 0 Å². The number of likely N-dealkylation sites (tertiary alicyclic amines) is 1. The number of hydrogen-bond donors (Lipinski definition) is 2. The second-order valence-corrected chi connectivity index (χ2v) is 8.88. The van der Waals surface area contributed by atoms with Crippen LogP contribution in [-0.2, 0) is 0 Å². The van der Waals surface area contributed by atoms with Crippen molar-refractivity contribution in [2.45, 2.75) is 57.5 Å². The molecule has 1 aromatic carbocycles. The summed E-state index contributed by atoms with van der Waals surface area (Å²) in [5.74, 6) is 0.973. The first-order chi connectivity index (χ1) is 12.3. The highest BCUT2D eigenvalue weighted by Crippen LogP contribution is 2.22. The van der Waals surface area contributed by atoms with Crippen LogP contribution < -0.4 is 14.7 Å². The monoisotopic (exact) mass is 343 g/mol. The van der Waals surface area contributed by atoms with Crippen LogP contribution in [0.4, 0.5) is 5.69 Å². The Labute approximate surface area is 154 Å². The van der Waals surface area contributed by atoms with E-state index < -0.39 is 0 Å². The Morgan fingerprint density at radius 1 is 0.800 bits per heavy atom. The van der Waals surface area contributed by atoms with Gasteiger partial charge in [0.25, 0.3) is 0 Å². The number of quaternary nitrogens is 2. The highest BCUT2D eigenvalue weighted by atomic mass is 15.3. The molecule has 2 unspecified atom stereocenters. The number of rotatable bonds is 3. The third-order valence-electron chi connectivity index (χ3n) is 7.25. The van der Waals surface area contributed by atoms with E-state index in [0.717, 1.165) is 18.0 Å². The quantitative estimate of drug-likeness (QED) is 0.835. The summed E-state index contributed by atoms with van der Waals surface area (Å²) in [7, 11) is 0. The molecule has 2 atom stereocenters. The molecule has 2 aliphatic heterocycles. The Morgan fingerprint density at radius 2 is 1.48 bits per heavy atom. The maximum Gasteiger partial charge on any atom is 0.0984 e. The summed E-state index contributed by atoms with van der Waals surface area (Å²) in [6.45, 7) is 10.5. The molecule has 3 nitrogen and oxygen atoms in total. The van der Waals surface area contributed by atoms with E-state index >= 15 is 0 Å². The molecule has 2 saturated heterocycles. The Kier molecular flexibility index (Phi) is 5.62. The molecule has 3 heteroatoms. The number of nitrogens with zero attached hydrogens (tertiary/aromatic N) is 1. The first-order valence-corrected chi connectivity index (χ1v) is 10.8. The maximum atomic E-state index is 2.58. The number of hydrogen-bond acceptors (Lipinski definition) is 1. The minimum atomic E-state index is 0.933. The average molecular weight is 344 g/mol. The minimum absolute atomic E-state index is 0.933. The van der Waals surface area contributed by atoms with E-state index in [9.17, 15) is 0 Å². The smallest absolute Gasteiger partial charge is 0.0984 e. The second-order valence-electron chi connectivity index (χ2n) is 8.88. The zero-order valence-corrected chi connectivity index (χ0v) is 16.1. The number of piperazine rings is 1. The van der Waals surface area contributed by atoms with E-state index in [0.29, 0.717) is 0 Å². The number of benzene rings is 1. The number of nitrogens with one attached hydrogen (secondary N) is 2. The fourth-order valence-corrected chi connectivity index (χ4v) is 5.71. The highest BCUT2D eigenvalue weighted by molar-refractivity contribution is 5.46. The molecule has 138 valence electrons. The summed E-state index contributed by atoms with van der Waals surface area (Å²) in [5, 5.41) is 0. The molecular weight excluding hydrogens is 306 g/mol. The van der Waals surface area contributed by atoms with Crippen LogP contribution in [0, 0.1) is 5.92 Å². The molecule has 2 N–H and O–H groups in total. The van der Waals surface area contributed by atoms with Gasteiger partial charge in [0.05, 0.1) is 51.4 Å². The largest absolute Gasteiger partial charge is 0.360 e. The molecule has 0 amide bonds. The lowest BCUT2D eigenvalue weighted by Gasteiger charge is -2.42. The zero-order valence-electron chi connectivity index (χ0n) is 16.1. The Balaban J connectivity index is 1.24. The summed E-state index contributed by atoms with van der Waals surface area (Å²) in [6, 6.07) is 12.9. The lowest BCUT2D eigenvalue weighted by atomic mass is 9.85. The Morgan fingerprint density at radius 3 is 2.16 bits per heavy atom. The second kappa shape index (κ2) is 8.09. The fourth-order valence-electron chi connectivity index (χ4n) is 5.71. The van der Waals surface area contributed by atoms with Crippen molar-refractivity contribution in [3.63, 3.8) is 0 Å². The van der Waals surface area contributed by atoms with Crippen molar-refractivity contribution >= 4 is 5.69 Å². The summed E-state index contributed by atoms with van der Waals surface area (Å²) < 4.78 is 0. The SMILES string of the molecule is CC1CCCC([NH+]2CCC([NH+]3CCN(c4ccccc4)CC3)CC2)C1. The van der Waals surface area contributed by atoms with Crippen molar-refractivity contribution < 1.29 is 9.80 Å². The van der Waals surface area contributed by atoms with Crippen molar-refractivity contribution in [2.75, 3.05) is 44.2 Å². The predicted octanol–water partition coefficient (Wildman–Crippen LogP) is 1.02. The molecule has 1 aromatic rings. The Hall–Kier alpha value is -1.06. The molecule has 3 aliphatic rings. The fraction of sp³-hybridized carbons (Fsp3) is 0.727. The Bertz CT molecular complexity index is 515. The van der Waals surface area contributed by atoms with Gasteiger partial charge in [-0.1, -0.05) is 31.5 Å². The third-order valence-corrected chi connectivity index (χ3v) is 7.25. The van der Waals surface area contributed by atoms with Gasteiger partial charge in [0.2, 0.25) is 0 Å². The van der Waals surface area contributed by atoms with Crippen molar-refractivity contribution in [2.24, 2.45) is 5.92 Å². The molecule has 0 spiro atoms. The molecule has 2 heterocycles. The summed E-state index contributed by atoms with van der Waals surface area (Å²) in [5.41, 5.74) is 1.41. The van der Waals surface area contributed by atoms with E-state index in [-0.39, 0.29) is 0 Å². The van der Waals surface area contributed by atoms with E-state index in [1.54, 1.807) is 0 Å². The molecule has 0 radical (unpaired) electrons. The zero-order chi connectivity index (χ0) is 17.1. The average Bonchev–Trinajstić information content (AvgIpc) is 2.69. The molecule has 3 fully saturated rings. The van der Waals surface area contributed by atoms with Gasteiger partial charge in [-0.25, -0.2) is 0 Å². The predicted molar refractivity (Wildman–Crippen MR) is 104 cm³/mol. The van der Waals surface area contributed by atoms with Gasteiger partial charge in [-0.3, -0.25) is 0 Å². The lowest BCUT2D eigenvalue weighted by molar-refractivity contribution is -0.969. The topological polar surface area (TPSA) is 12.1 Å². The van der Waals surface area contributed by atoms with Crippen LogP contribution in [0.2, 0.25) is 0 Å². The van der Waals surface area contributed by atoms with Gasteiger partial charge in [0.15, 0.2) is 0 Å². The lowest BCUT2D eigenvalue weighted by Crippen LogP contribution is -3.23. The number of para-hydroxylation sites is 1. The third kappa shape index (κ3) is 4.20. The van der Waals surface area contributed by atoms with Gasteiger partial charge in [0.1, 0.15) is 0 Å². The van der Waals surface area contributed by atoms with E-state index in [1.807, 2.05) is 9.80 Å². The van der Waals surface area contributed by atoms with Crippen LogP contribution in [-0.4, -0.2) is 51.4 Å². The van der Waals surface area contributed by atoms with Crippen LogP contribution in [0.1, 0.15) is 45.4 Å². The van der Waals surface area contributed by atoms with Crippen molar-refractivity contribution in [3.8, 4) is 0 Å². The van der Waals surface area contributed by atoms with Gasteiger partial charge >= 0.3 is 0 Å². The summed E-state index contributed by atoms with van der Waals surface area (Å²) in [6.07, 6.45) is 8.85. The minimum Gasteiger partial charge on any atom is -0.360 e. The van der Waals surface area contributed by atoms with Gasteiger partial charge in [-0.05, 0) is 30.9 Å². The molecular formula is C22H37N3+2. The van der Waals surface area contributed by atoms with Gasteiger partial charge in [-0.15, -0.1) is 0 Å².